The van der Waals surface area contributed by atoms with Crippen molar-refractivity contribution < 1.29 is 14.4 Å². The Labute approximate surface area is 213 Å². The van der Waals surface area contributed by atoms with Crippen LogP contribution in [0.4, 0.5) is 0 Å². The van der Waals surface area contributed by atoms with Gasteiger partial charge in [-0.15, -0.1) is 11.3 Å². The van der Waals surface area contributed by atoms with Crippen LogP contribution in [-0.4, -0.2) is 40.7 Å². The number of hydrogen-bond acceptors (Lipinski definition) is 5. The van der Waals surface area contributed by atoms with Crippen LogP contribution < -0.4 is 10.9 Å². The third-order valence-corrected chi connectivity index (χ3v) is 7.54. The topological polar surface area (TPSA) is 91.4 Å². The van der Waals surface area contributed by atoms with Gasteiger partial charge in [0.2, 0.25) is 5.91 Å². The normalized spacial score (nSPS) is 13.9. The Kier molecular flexibility index (Phi) is 8.15. The molecule has 0 aliphatic carbocycles. The third kappa shape index (κ3) is 6.26. The maximum atomic E-state index is 12.7. The quantitative estimate of drug-likeness (QED) is 0.481. The maximum Gasteiger partial charge on any atom is 0.289 e. The Bertz CT molecular complexity index is 1200. The molecule has 35 heavy (non-hydrogen) atoms. The van der Waals surface area contributed by atoms with Gasteiger partial charge in [0, 0.05) is 35.0 Å². The summed E-state index contributed by atoms with van der Waals surface area (Å²) < 4.78 is 0. The number of amides is 3. The summed E-state index contributed by atoms with van der Waals surface area (Å²) in [6.07, 6.45) is 2.75. The molecule has 9 heteroatoms. The molecule has 1 saturated heterocycles. The number of carbonyl (C=O) groups excluding carboxylic acids is 3. The number of carbonyl (C=O) groups is 3. The first-order chi connectivity index (χ1) is 16.9. The molecular weight excluding hydrogens is 484 g/mol. The Balaban J connectivity index is 1.26. The van der Waals surface area contributed by atoms with E-state index in [-0.39, 0.29) is 23.4 Å². The Morgan fingerprint density at radius 3 is 2.40 bits per heavy atom. The molecule has 0 atom stereocenters. The minimum absolute atomic E-state index is 0.0656. The molecule has 0 radical (unpaired) electrons. The molecule has 1 aliphatic heterocycles. The van der Waals surface area contributed by atoms with Gasteiger partial charge in [-0.25, -0.2) is 4.98 Å². The van der Waals surface area contributed by atoms with Crippen molar-refractivity contribution in [2.45, 2.75) is 38.5 Å². The van der Waals surface area contributed by atoms with Crippen LogP contribution in [0, 0.1) is 0 Å². The van der Waals surface area contributed by atoms with Gasteiger partial charge < -0.3 is 4.90 Å². The van der Waals surface area contributed by atoms with E-state index in [0.29, 0.717) is 30.1 Å². The predicted molar refractivity (Wildman–Crippen MR) is 137 cm³/mol. The van der Waals surface area contributed by atoms with Gasteiger partial charge in [0.1, 0.15) is 5.69 Å². The van der Waals surface area contributed by atoms with Gasteiger partial charge in [0.05, 0.1) is 11.4 Å². The first-order valence-electron chi connectivity index (χ1n) is 11.6. The van der Waals surface area contributed by atoms with Gasteiger partial charge in [-0.3, -0.25) is 25.2 Å². The van der Waals surface area contributed by atoms with Crippen LogP contribution in [0.5, 0.6) is 0 Å². The number of thiazole rings is 1. The van der Waals surface area contributed by atoms with Gasteiger partial charge in [0.25, 0.3) is 11.8 Å². The number of nitrogens with zero attached hydrogens (tertiary/aromatic N) is 2. The Hall–Kier alpha value is -3.23. The number of hydrazine groups is 1. The first-order valence-corrected chi connectivity index (χ1v) is 12.9. The lowest BCUT2D eigenvalue weighted by molar-refractivity contribution is -0.131. The van der Waals surface area contributed by atoms with Crippen LogP contribution in [0.2, 0.25) is 5.02 Å². The Morgan fingerprint density at radius 2 is 1.71 bits per heavy atom. The summed E-state index contributed by atoms with van der Waals surface area (Å²) in [7, 11) is 0. The zero-order valence-electron chi connectivity index (χ0n) is 19.4. The van der Waals surface area contributed by atoms with Crippen LogP contribution in [-0.2, 0) is 17.6 Å². The molecule has 2 heterocycles. The standard InChI is InChI=1S/C26H27ClN4O3S/c1-2-17-7-9-18(10-8-17)24(33)29-30-25(34)22-16-35-26(28-22)19-11-13-31(14-12-19)23(32)15-20-5-3-4-6-21(20)27/h3-10,16,19H,2,11-15H2,1H3,(H,29,33)(H,30,34). The molecule has 0 bridgehead atoms. The average Bonchev–Trinajstić information content (AvgIpc) is 3.39. The third-order valence-electron chi connectivity index (χ3n) is 6.16. The Morgan fingerprint density at radius 1 is 1.03 bits per heavy atom. The molecule has 1 aromatic heterocycles. The number of rotatable bonds is 6. The van der Waals surface area contributed by atoms with Crippen molar-refractivity contribution in [3.63, 3.8) is 0 Å². The highest BCUT2D eigenvalue weighted by Crippen LogP contribution is 2.30. The highest BCUT2D eigenvalue weighted by atomic mass is 35.5. The molecular formula is C26H27ClN4O3S. The summed E-state index contributed by atoms with van der Waals surface area (Å²) in [6, 6.07) is 14.6. The van der Waals surface area contributed by atoms with E-state index < -0.39 is 5.91 Å². The van der Waals surface area contributed by atoms with Crippen LogP contribution in [0.3, 0.4) is 0 Å². The van der Waals surface area contributed by atoms with Crippen molar-refractivity contribution in [3.8, 4) is 0 Å². The number of benzene rings is 2. The minimum Gasteiger partial charge on any atom is -0.342 e. The van der Waals surface area contributed by atoms with Crippen molar-refractivity contribution in [2.24, 2.45) is 0 Å². The molecule has 3 amide bonds. The van der Waals surface area contributed by atoms with E-state index in [2.05, 4.69) is 15.8 Å². The minimum atomic E-state index is -0.460. The number of hydrogen-bond donors (Lipinski definition) is 2. The number of piperidine rings is 1. The number of likely N-dealkylation sites (tertiary alicyclic amines) is 1. The fraction of sp³-hybridized carbons (Fsp3) is 0.308. The van der Waals surface area contributed by atoms with E-state index in [1.54, 1.807) is 23.6 Å². The van der Waals surface area contributed by atoms with E-state index >= 15 is 0 Å². The van der Waals surface area contributed by atoms with Gasteiger partial charge in [0.15, 0.2) is 0 Å². The van der Waals surface area contributed by atoms with Crippen molar-refractivity contribution >= 4 is 40.7 Å². The van der Waals surface area contributed by atoms with Crippen LogP contribution >= 0.6 is 22.9 Å². The lowest BCUT2D eigenvalue weighted by Gasteiger charge is -2.31. The number of aromatic nitrogens is 1. The van der Waals surface area contributed by atoms with Gasteiger partial charge >= 0.3 is 0 Å². The smallest absolute Gasteiger partial charge is 0.289 e. The SMILES string of the molecule is CCc1ccc(C(=O)NNC(=O)c2csc(C3CCN(C(=O)Cc4ccccc4Cl)CC3)n2)cc1. The summed E-state index contributed by atoms with van der Waals surface area (Å²) in [5.41, 5.74) is 7.58. The average molecular weight is 511 g/mol. The highest BCUT2D eigenvalue weighted by Gasteiger charge is 2.26. The van der Waals surface area contributed by atoms with E-state index in [9.17, 15) is 14.4 Å². The van der Waals surface area contributed by atoms with Gasteiger partial charge in [-0.2, -0.15) is 0 Å². The summed E-state index contributed by atoms with van der Waals surface area (Å²) in [4.78, 5) is 43.8. The van der Waals surface area contributed by atoms with Gasteiger partial charge in [-0.1, -0.05) is 48.9 Å². The molecule has 4 rings (SSSR count). The molecule has 0 saturated carbocycles. The molecule has 7 nitrogen and oxygen atoms in total. The lowest BCUT2D eigenvalue weighted by Crippen LogP contribution is -2.41. The molecule has 1 aliphatic rings. The molecule has 182 valence electrons. The second kappa shape index (κ2) is 11.5. The molecule has 0 spiro atoms. The van der Waals surface area contributed by atoms with Gasteiger partial charge in [-0.05, 0) is 48.6 Å². The molecule has 0 unspecified atom stereocenters. The van der Waals surface area contributed by atoms with Crippen LogP contribution in [0.1, 0.15) is 62.7 Å². The van der Waals surface area contributed by atoms with Crippen molar-refractivity contribution in [1.29, 1.82) is 0 Å². The molecule has 1 fully saturated rings. The van der Waals surface area contributed by atoms with Crippen molar-refractivity contribution in [1.82, 2.24) is 20.7 Å². The predicted octanol–water partition coefficient (Wildman–Crippen LogP) is 4.38. The lowest BCUT2D eigenvalue weighted by atomic mass is 9.97. The van der Waals surface area contributed by atoms with E-state index in [0.717, 1.165) is 35.4 Å². The fourth-order valence-electron chi connectivity index (χ4n) is 4.01. The van der Waals surface area contributed by atoms with Crippen LogP contribution in [0.15, 0.2) is 53.9 Å². The first kappa shape index (κ1) is 24.9. The summed E-state index contributed by atoms with van der Waals surface area (Å²) in [5, 5.41) is 3.17. The van der Waals surface area contributed by atoms with E-state index in [1.165, 1.54) is 11.3 Å². The summed E-state index contributed by atoms with van der Waals surface area (Å²) >= 11 is 7.61. The zero-order chi connectivity index (χ0) is 24.8. The van der Waals surface area contributed by atoms with E-state index in [4.69, 9.17) is 11.6 Å². The summed E-state index contributed by atoms with van der Waals surface area (Å²) in [5.74, 6) is -0.586. The van der Waals surface area contributed by atoms with E-state index in [1.807, 2.05) is 42.2 Å². The number of aryl methyl sites for hydroxylation is 1. The van der Waals surface area contributed by atoms with Crippen molar-refractivity contribution in [2.75, 3.05) is 13.1 Å². The molecule has 2 aromatic carbocycles. The summed E-state index contributed by atoms with van der Waals surface area (Å²) in [6.45, 7) is 3.33. The second-order valence-electron chi connectivity index (χ2n) is 8.45. The van der Waals surface area contributed by atoms with Crippen molar-refractivity contribution in [3.05, 3.63) is 86.3 Å². The molecule has 3 aromatic rings. The highest BCUT2D eigenvalue weighted by molar-refractivity contribution is 7.09. The maximum absolute atomic E-state index is 12.7. The number of nitrogens with one attached hydrogen (secondary N) is 2. The fourth-order valence-corrected chi connectivity index (χ4v) is 5.19. The zero-order valence-corrected chi connectivity index (χ0v) is 21.0. The molecule has 2 N–H and O–H groups in total. The largest absolute Gasteiger partial charge is 0.342 e. The second-order valence-corrected chi connectivity index (χ2v) is 9.75. The van der Waals surface area contributed by atoms with Crippen LogP contribution in [0.25, 0.3) is 0 Å². The monoisotopic (exact) mass is 510 g/mol. The number of halogens is 1.